The van der Waals surface area contributed by atoms with Crippen molar-refractivity contribution < 1.29 is 9.90 Å². The Kier molecular flexibility index (Phi) is 3.72. The van der Waals surface area contributed by atoms with Gasteiger partial charge >= 0.3 is 0 Å². The first-order valence-corrected chi connectivity index (χ1v) is 8.12. The topological polar surface area (TPSA) is 71.2 Å². The highest BCUT2D eigenvalue weighted by Gasteiger charge is 2.42. The van der Waals surface area contributed by atoms with Gasteiger partial charge < -0.3 is 14.6 Å². The number of likely N-dealkylation sites (tertiary alicyclic amines) is 1. The summed E-state index contributed by atoms with van der Waals surface area (Å²) in [5, 5.41) is 18.9. The Morgan fingerprint density at radius 2 is 2.30 bits per heavy atom. The van der Waals surface area contributed by atoms with Crippen LogP contribution in [0.3, 0.4) is 0 Å². The molecule has 0 atom stereocenters. The zero-order valence-corrected chi connectivity index (χ0v) is 12.5. The molecule has 1 saturated carbocycles. The molecule has 20 heavy (non-hydrogen) atoms. The van der Waals surface area contributed by atoms with Crippen molar-refractivity contribution in [2.75, 3.05) is 18.8 Å². The van der Waals surface area contributed by atoms with Crippen molar-refractivity contribution in [2.45, 2.75) is 49.4 Å². The maximum Gasteiger partial charge on any atom is 0.233 e. The fourth-order valence-corrected chi connectivity index (χ4v) is 3.51. The highest BCUT2D eigenvalue weighted by atomic mass is 32.2. The van der Waals surface area contributed by atoms with E-state index in [2.05, 4.69) is 14.8 Å². The molecule has 2 fully saturated rings. The van der Waals surface area contributed by atoms with Gasteiger partial charge in [0.25, 0.3) is 0 Å². The maximum absolute atomic E-state index is 12.0. The number of hydrogen-bond donors (Lipinski definition) is 1. The van der Waals surface area contributed by atoms with Gasteiger partial charge in [-0.05, 0) is 19.3 Å². The molecule has 0 spiro atoms. The number of nitrogens with zero attached hydrogens (tertiary/aromatic N) is 4. The van der Waals surface area contributed by atoms with Gasteiger partial charge in [0.15, 0.2) is 5.16 Å². The molecule has 0 unspecified atom stereocenters. The van der Waals surface area contributed by atoms with Crippen molar-refractivity contribution in [3.8, 4) is 0 Å². The average Bonchev–Trinajstić information content (AvgIpc) is 3.12. The minimum atomic E-state index is -0.650. The van der Waals surface area contributed by atoms with E-state index in [1.807, 2.05) is 6.92 Å². The van der Waals surface area contributed by atoms with E-state index in [4.69, 9.17) is 0 Å². The monoisotopic (exact) mass is 296 g/mol. The highest BCUT2D eigenvalue weighted by molar-refractivity contribution is 7.99. The van der Waals surface area contributed by atoms with Gasteiger partial charge in [-0.25, -0.2) is 0 Å². The van der Waals surface area contributed by atoms with Gasteiger partial charge in [0.05, 0.1) is 24.4 Å². The van der Waals surface area contributed by atoms with Gasteiger partial charge in [-0.1, -0.05) is 25.1 Å². The molecule has 1 N–H and O–H groups in total. The fourth-order valence-electron chi connectivity index (χ4n) is 2.62. The molecule has 1 amide bonds. The minimum Gasteiger partial charge on any atom is -0.386 e. The van der Waals surface area contributed by atoms with Crippen molar-refractivity contribution in [1.82, 2.24) is 19.7 Å². The molecule has 1 aromatic rings. The predicted octanol–water partition coefficient (Wildman–Crippen LogP) is 1.08. The second kappa shape index (κ2) is 5.37. The number of amides is 1. The van der Waals surface area contributed by atoms with Crippen molar-refractivity contribution in [1.29, 1.82) is 0 Å². The predicted molar refractivity (Wildman–Crippen MR) is 75.5 cm³/mol. The van der Waals surface area contributed by atoms with Crippen LogP contribution in [0.5, 0.6) is 0 Å². The van der Waals surface area contributed by atoms with E-state index in [-0.39, 0.29) is 5.91 Å². The number of rotatable bonds is 6. The molecule has 110 valence electrons. The Morgan fingerprint density at radius 1 is 1.55 bits per heavy atom. The first-order chi connectivity index (χ1) is 9.61. The Balaban J connectivity index is 1.47. The normalized spacial score (nSPS) is 20.8. The molecule has 1 aliphatic carbocycles. The van der Waals surface area contributed by atoms with Crippen molar-refractivity contribution >= 4 is 17.7 Å². The van der Waals surface area contributed by atoms with Crippen molar-refractivity contribution in [3.63, 3.8) is 0 Å². The van der Waals surface area contributed by atoms with Gasteiger partial charge in [-0.3, -0.25) is 4.79 Å². The molecule has 1 aliphatic heterocycles. The van der Waals surface area contributed by atoms with Crippen LogP contribution >= 0.6 is 11.8 Å². The first kappa shape index (κ1) is 13.9. The van der Waals surface area contributed by atoms with E-state index >= 15 is 0 Å². The summed E-state index contributed by atoms with van der Waals surface area (Å²) in [7, 11) is 0. The SMILES string of the molecule is CCCC1(O)CN(C(=O)CSc2nncn2C2CC2)C1. The third-order valence-electron chi connectivity index (χ3n) is 3.84. The van der Waals surface area contributed by atoms with Crippen LogP contribution in [0.25, 0.3) is 0 Å². The summed E-state index contributed by atoms with van der Waals surface area (Å²) in [5.41, 5.74) is -0.650. The third kappa shape index (κ3) is 2.83. The molecule has 6 nitrogen and oxygen atoms in total. The molecular formula is C13H20N4O2S. The lowest BCUT2D eigenvalue weighted by atomic mass is 9.89. The largest absolute Gasteiger partial charge is 0.386 e. The van der Waals surface area contributed by atoms with E-state index in [1.54, 1.807) is 11.2 Å². The fraction of sp³-hybridized carbons (Fsp3) is 0.769. The zero-order valence-electron chi connectivity index (χ0n) is 11.7. The number of aliphatic hydroxyl groups is 1. The van der Waals surface area contributed by atoms with Crippen molar-refractivity contribution in [2.24, 2.45) is 0 Å². The van der Waals surface area contributed by atoms with Gasteiger partial charge in [-0.15, -0.1) is 10.2 Å². The summed E-state index contributed by atoms with van der Waals surface area (Å²) >= 11 is 1.44. The Bertz CT molecular complexity index is 494. The van der Waals surface area contributed by atoms with Gasteiger partial charge in [0.2, 0.25) is 5.91 Å². The number of hydrogen-bond acceptors (Lipinski definition) is 5. The summed E-state index contributed by atoms with van der Waals surface area (Å²) in [6.07, 6.45) is 5.80. The van der Waals surface area contributed by atoms with Gasteiger partial charge in [0.1, 0.15) is 6.33 Å². The molecule has 0 aromatic carbocycles. The number of carbonyl (C=O) groups excluding carboxylic acids is 1. The smallest absolute Gasteiger partial charge is 0.233 e. The van der Waals surface area contributed by atoms with Crippen LogP contribution in [0.4, 0.5) is 0 Å². The first-order valence-electron chi connectivity index (χ1n) is 7.14. The number of thioether (sulfide) groups is 1. The van der Waals surface area contributed by atoms with E-state index in [1.165, 1.54) is 24.6 Å². The van der Waals surface area contributed by atoms with Crippen LogP contribution in [0.2, 0.25) is 0 Å². The van der Waals surface area contributed by atoms with Gasteiger partial charge in [0, 0.05) is 6.04 Å². The zero-order chi connectivity index (χ0) is 14.2. The molecule has 0 radical (unpaired) electrons. The summed E-state index contributed by atoms with van der Waals surface area (Å²) in [5.74, 6) is 0.439. The number of β-amino-alcohol motifs (C(OH)–C–C–N with tert-alkyl or cyclic N) is 1. The van der Waals surface area contributed by atoms with E-state index in [9.17, 15) is 9.90 Å². The van der Waals surface area contributed by atoms with Gasteiger partial charge in [-0.2, -0.15) is 0 Å². The summed E-state index contributed by atoms with van der Waals surface area (Å²) in [6.45, 7) is 2.98. The molecule has 1 aromatic heterocycles. The Hall–Kier alpha value is -1.08. The Labute approximate surface area is 122 Å². The second-order valence-electron chi connectivity index (χ2n) is 5.76. The summed E-state index contributed by atoms with van der Waals surface area (Å²) in [6, 6.07) is 0.529. The standard InChI is InChI=1S/C13H20N4O2S/c1-2-5-13(19)7-16(8-13)11(18)6-20-12-15-14-9-17(12)10-3-4-10/h9-10,19H,2-8H2,1H3. The molecule has 1 saturated heterocycles. The lowest BCUT2D eigenvalue weighted by Crippen LogP contribution is -2.63. The lowest BCUT2D eigenvalue weighted by molar-refractivity contribution is -0.153. The summed E-state index contributed by atoms with van der Waals surface area (Å²) in [4.78, 5) is 13.8. The van der Waals surface area contributed by atoms with Crippen LogP contribution in [-0.4, -0.2) is 55.1 Å². The lowest BCUT2D eigenvalue weighted by Gasteiger charge is -2.46. The van der Waals surface area contributed by atoms with Crippen LogP contribution in [0.15, 0.2) is 11.5 Å². The van der Waals surface area contributed by atoms with Crippen molar-refractivity contribution in [3.05, 3.63) is 6.33 Å². The molecule has 2 heterocycles. The summed E-state index contributed by atoms with van der Waals surface area (Å²) < 4.78 is 2.06. The maximum atomic E-state index is 12.0. The quantitative estimate of drug-likeness (QED) is 0.795. The van der Waals surface area contributed by atoms with Crippen LogP contribution in [0.1, 0.15) is 38.6 Å². The Morgan fingerprint density at radius 3 is 2.95 bits per heavy atom. The van der Waals surface area contributed by atoms with Crippen LogP contribution in [0, 0.1) is 0 Å². The van der Waals surface area contributed by atoms with E-state index in [0.29, 0.717) is 24.9 Å². The molecular weight excluding hydrogens is 276 g/mol. The second-order valence-corrected chi connectivity index (χ2v) is 6.71. The third-order valence-corrected chi connectivity index (χ3v) is 4.79. The highest BCUT2D eigenvalue weighted by Crippen LogP contribution is 2.37. The van der Waals surface area contributed by atoms with Crippen LogP contribution < -0.4 is 0 Å². The molecule has 2 aliphatic rings. The molecule has 7 heteroatoms. The molecule has 0 bridgehead atoms. The van der Waals surface area contributed by atoms with E-state index < -0.39 is 5.60 Å². The minimum absolute atomic E-state index is 0.0705. The number of aromatic nitrogens is 3. The number of carbonyl (C=O) groups is 1. The van der Waals surface area contributed by atoms with E-state index in [0.717, 1.165) is 18.0 Å². The average molecular weight is 296 g/mol. The van der Waals surface area contributed by atoms with Crippen LogP contribution in [-0.2, 0) is 4.79 Å². The molecule has 3 rings (SSSR count).